The van der Waals surface area contributed by atoms with Gasteiger partial charge in [-0.25, -0.2) is 0 Å². The summed E-state index contributed by atoms with van der Waals surface area (Å²) in [5.41, 5.74) is 0. The van der Waals surface area contributed by atoms with Gasteiger partial charge in [-0.3, -0.25) is 14.9 Å². The second-order valence-electron chi connectivity index (χ2n) is 3.77. The van der Waals surface area contributed by atoms with E-state index in [1.54, 1.807) is 0 Å². The zero-order valence-corrected chi connectivity index (χ0v) is 8.64. The van der Waals surface area contributed by atoms with E-state index in [4.69, 9.17) is 9.52 Å². The molecule has 0 spiro atoms. The van der Waals surface area contributed by atoms with Crippen molar-refractivity contribution in [3.8, 4) is 0 Å². The molecule has 1 aliphatic rings. The molecule has 0 radical (unpaired) electrons. The van der Waals surface area contributed by atoms with Crippen LogP contribution in [0.2, 0.25) is 0 Å². The molecule has 0 saturated heterocycles. The maximum Gasteiger partial charge on any atom is 0.322 e. The molecule has 2 rings (SSSR count). The Hall–Kier alpha value is -1.92. The van der Waals surface area contributed by atoms with Crippen molar-refractivity contribution in [2.24, 2.45) is 5.92 Å². The lowest BCUT2D eigenvalue weighted by atomic mass is 10.2. The molecule has 1 aromatic rings. The standard InChI is InChI=1S/C9H11N3O4/c1-4(8(14)15)6(13)10-9-12-11-7(16-9)5-2-3-5/h4-5H,2-3H2,1H3,(H,14,15)(H,10,12,13). The number of anilines is 1. The smallest absolute Gasteiger partial charge is 0.322 e. The zero-order valence-electron chi connectivity index (χ0n) is 8.64. The predicted molar refractivity (Wildman–Crippen MR) is 51.7 cm³/mol. The second kappa shape index (κ2) is 3.92. The van der Waals surface area contributed by atoms with Crippen LogP contribution in [0.15, 0.2) is 4.42 Å². The maximum absolute atomic E-state index is 11.3. The van der Waals surface area contributed by atoms with Crippen molar-refractivity contribution in [3.05, 3.63) is 5.89 Å². The van der Waals surface area contributed by atoms with E-state index in [1.807, 2.05) is 0 Å². The van der Waals surface area contributed by atoms with Crippen molar-refractivity contribution in [2.75, 3.05) is 5.32 Å². The van der Waals surface area contributed by atoms with Crippen LogP contribution >= 0.6 is 0 Å². The van der Waals surface area contributed by atoms with Gasteiger partial charge < -0.3 is 9.52 Å². The number of carbonyl (C=O) groups is 2. The molecule has 2 N–H and O–H groups in total. The third-order valence-corrected chi connectivity index (χ3v) is 2.36. The molecular weight excluding hydrogens is 214 g/mol. The number of aliphatic carboxylic acids is 1. The van der Waals surface area contributed by atoms with Crippen LogP contribution in [0.5, 0.6) is 0 Å². The third-order valence-electron chi connectivity index (χ3n) is 2.36. The van der Waals surface area contributed by atoms with E-state index in [0.717, 1.165) is 12.8 Å². The van der Waals surface area contributed by atoms with E-state index in [-0.39, 0.29) is 6.01 Å². The van der Waals surface area contributed by atoms with Crippen molar-refractivity contribution in [3.63, 3.8) is 0 Å². The summed E-state index contributed by atoms with van der Waals surface area (Å²) in [5.74, 6) is -2.21. The van der Waals surface area contributed by atoms with Gasteiger partial charge in [0.2, 0.25) is 11.8 Å². The third kappa shape index (κ3) is 2.18. The quantitative estimate of drug-likeness (QED) is 0.727. The number of carboxylic acid groups (broad SMARTS) is 1. The van der Waals surface area contributed by atoms with Crippen LogP contribution in [0.1, 0.15) is 31.6 Å². The Balaban J connectivity index is 1.97. The van der Waals surface area contributed by atoms with Crippen molar-refractivity contribution in [1.29, 1.82) is 0 Å². The van der Waals surface area contributed by atoms with E-state index < -0.39 is 17.8 Å². The molecule has 0 bridgehead atoms. The van der Waals surface area contributed by atoms with E-state index in [2.05, 4.69) is 15.5 Å². The molecule has 86 valence electrons. The molecule has 16 heavy (non-hydrogen) atoms. The number of hydrogen-bond donors (Lipinski definition) is 2. The normalized spacial score (nSPS) is 16.8. The lowest BCUT2D eigenvalue weighted by Crippen LogP contribution is -2.26. The number of hydrogen-bond acceptors (Lipinski definition) is 5. The molecule has 0 aromatic carbocycles. The Labute approximate surface area is 90.8 Å². The van der Waals surface area contributed by atoms with Crippen molar-refractivity contribution in [1.82, 2.24) is 10.2 Å². The fourth-order valence-corrected chi connectivity index (χ4v) is 1.11. The highest BCUT2D eigenvalue weighted by Gasteiger charge is 2.30. The predicted octanol–water partition coefficient (Wildman–Crippen LogP) is 0.606. The van der Waals surface area contributed by atoms with E-state index >= 15 is 0 Å². The molecule has 7 nitrogen and oxygen atoms in total. The minimum Gasteiger partial charge on any atom is -0.481 e. The highest BCUT2D eigenvalue weighted by molar-refractivity contribution is 6.02. The molecule has 1 saturated carbocycles. The number of amides is 1. The highest BCUT2D eigenvalue weighted by Crippen LogP contribution is 2.39. The first-order valence-electron chi connectivity index (χ1n) is 4.95. The van der Waals surface area contributed by atoms with E-state index in [1.165, 1.54) is 6.92 Å². The maximum atomic E-state index is 11.3. The summed E-state index contributed by atoms with van der Waals surface area (Å²) in [7, 11) is 0. The minimum atomic E-state index is -1.19. The lowest BCUT2D eigenvalue weighted by Gasteiger charge is -2.03. The monoisotopic (exact) mass is 225 g/mol. The van der Waals surface area contributed by atoms with Gasteiger partial charge >= 0.3 is 12.0 Å². The number of nitrogens with zero attached hydrogens (tertiary/aromatic N) is 2. The van der Waals surface area contributed by atoms with Gasteiger partial charge in [-0.05, 0) is 19.8 Å². The molecule has 1 aromatic heterocycles. The average Bonchev–Trinajstić information content (AvgIpc) is 2.99. The fourth-order valence-electron chi connectivity index (χ4n) is 1.11. The van der Waals surface area contributed by atoms with Crippen molar-refractivity contribution >= 4 is 17.9 Å². The number of rotatable bonds is 4. The number of carbonyl (C=O) groups excluding carboxylic acids is 1. The number of carboxylic acids is 1. The summed E-state index contributed by atoms with van der Waals surface area (Å²) in [6, 6.07) is -0.0417. The van der Waals surface area contributed by atoms with E-state index in [9.17, 15) is 9.59 Å². The molecule has 1 fully saturated rings. The van der Waals surface area contributed by atoms with Crippen LogP contribution in [0.3, 0.4) is 0 Å². The topological polar surface area (TPSA) is 105 Å². The van der Waals surface area contributed by atoms with Gasteiger partial charge in [0.15, 0.2) is 0 Å². The van der Waals surface area contributed by atoms with Gasteiger partial charge in [-0.2, -0.15) is 0 Å². The van der Waals surface area contributed by atoms with E-state index in [0.29, 0.717) is 11.8 Å². The Bertz CT molecular complexity index is 424. The summed E-state index contributed by atoms with van der Waals surface area (Å²) in [6.45, 7) is 1.29. The summed E-state index contributed by atoms with van der Waals surface area (Å²) in [5, 5.41) is 18.2. The Morgan fingerprint density at radius 3 is 2.75 bits per heavy atom. The first kappa shape index (κ1) is 10.6. The van der Waals surface area contributed by atoms with Crippen LogP contribution in [0.4, 0.5) is 6.01 Å². The average molecular weight is 225 g/mol. The largest absolute Gasteiger partial charge is 0.481 e. The molecule has 1 amide bonds. The number of nitrogens with one attached hydrogen (secondary N) is 1. The number of aromatic nitrogens is 2. The SMILES string of the molecule is CC(C(=O)O)C(=O)Nc1nnc(C2CC2)o1. The molecule has 1 atom stereocenters. The first-order chi connectivity index (χ1) is 7.58. The van der Waals surface area contributed by atoms with Crippen LogP contribution in [0.25, 0.3) is 0 Å². The molecule has 7 heteroatoms. The molecule has 1 aliphatic carbocycles. The van der Waals surface area contributed by atoms with Crippen LogP contribution in [-0.2, 0) is 9.59 Å². The second-order valence-corrected chi connectivity index (χ2v) is 3.77. The summed E-state index contributed by atoms with van der Waals surface area (Å²) >= 11 is 0. The lowest BCUT2D eigenvalue weighted by molar-refractivity contribution is -0.144. The molecule has 1 unspecified atom stereocenters. The van der Waals surface area contributed by atoms with Crippen LogP contribution in [-0.4, -0.2) is 27.2 Å². The van der Waals surface area contributed by atoms with Crippen molar-refractivity contribution in [2.45, 2.75) is 25.7 Å². The van der Waals surface area contributed by atoms with Gasteiger partial charge in [0.25, 0.3) is 0 Å². The summed E-state index contributed by atoms with van der Waals surface area (Å²) in [6.07, 6.45) is 2.03. The fraction of sp³-hybridized carbons (Fsp3) is 0.556. The summed E-state index contributed by atoms with van der Waals surface area (Å²) in [4.78, 5) is 21.9. The Morgan fingerprint density at radius 2 is 2.19 bits per heavy atom. The van der Waals surface area contributed by atoms with Crippen LogP contribution in [0, 0.1) is 5.92 Å². The molecule has 1 heterocycles. The zero-order chi connectivity index (χ0) is 11.7. The molecular formula is C9H11N3O4. The first-order valence-corrected chi connectivity index (χ1v) is 4.95. The van der Waals surface area contributed by atoms with Gasteiger partial charge in [0.05, 0.1) is 0 Å². The summed E-state index contributed by atoms with van der Waals surface area (Å²) < 4.78 is 5.16. The van der Waals surface area contributed by atoms with Gasteiger partial charge in [-0.15, -0.1) is 5.10 Å². The highest BCUT2D eigenvalue weighted by atomic mass is 16.4. The van der Waals surface area contributed by atoms with Gasteiger partial charge in [0.1, 0.15) is 5.92 Å². The Kier molecular flexibility index (Phi) is 2.59. The Morgan fingerprint density at radius 1 is 1.50 bits per heavy atom. The van der Waals surface area contributed by atoms with Gasteiger partial charge in [-0.1, -0.05) is 5.10 Å². The molecule has 0 aliphatic heterocycles. The van der Waals surface area contributed by atoms with Crippen LogP contribution < -0.4 is 5.32 Å². The minimum absolute atomic E-state index is 0.0417. The van der Waals surface area contributed by atoms with Crippen molar-refractivity contribution < 1.29 is 19.1 Å². The van der Waals surface area contributed by atoms with Gasteiger partial charge in [0, 0.05) is 5.92 Å².